The summed E-state index contributed by atoms with van der Waals surface area (Å²) < 4.78 is 32.8. The molecule has 0 radical (unpaired) electrons. The minimum absolute atomic E-state index is 0.212. The maximum absolute atomic E-state index is 11.7. The molecule has 1 aliphatic heterocycles. The number of aromatic nitrogens is 2. The van der Waals surface area contributed by atoms with Crippen LogP contribution in [0.1, 0.15) is 37.3 Å². The van der Waals surface area contributed by atoms with Gasteiger partial charge in [-0.1, -0.05) is 0 Å². The molecule has 1 atom stereocenters. The molecule has 0 spiro atoms. The lowest BCUT2D eigenvalue weighted by atomic mass is 10.2. The molecule has 1 aliphatic carbocycles. The number of nitrogens with zero attached hydrogens (tertiary/aromatic N) is 3. The summed E-state index contributed by atoms with van der Waals surface area (Å²) in [6.45, 7) is 4.42. The Morgan fingerprint density at radius 1 is 1.40 bits per heavy atom. The molecule has 0 amide bonds. The van der Waals surface area contributed by atoms with Gasteiger partial charge in [-0.3, -0.25) is 0 Å². The highest BCUT2D eigenvalue weighted by atomic mass is 32.2. The second-order valence-electron chi connectivity index (χ2n) is 5.77. The zero-order valence-electron chi connectivity index (χ0n) is 11.9. The van der Waals surface area contributed by atoms with E-state index in [4.69, 9.17) is 4.74 Å². The van der Waals surface area contributed by atoms with Crippen LogP contribution >= 0.6 is 0 Å². The molecule has 1 aromatic rings. The van der Waals surface area contributed by atoms with Crippen LogP contribution in [0, 0.1) is 5.92 Å². The van der Waals surface area contributed by atoms with Crippen LogP contribution in [-0.4, -0.2) is 41.7 Å². The van der Waals surface area contributed by atoms with Crippen molar-refractivity contribution in [1.82, 2.24) is 13.9 Å². The molecule has 3 rings (SSSR count). The smallest absolute Gasteiger partial charge is 0.211 e. The van der Waals surface area contributed by atoms with Crippen molar-refractivity contribution in [1.29, 1.82) is 0 Å². The summed E-state index contributed by atoms with van der Waals surface area (Å²) in [5.74, 6) is 1.56. The van der Waals surface area contributed by atoms with Gasteiger partial charge in [0.25, 0.3) is 0 Å². The van der Waals surface area contributed by atoms with Gasteiger partial charge in [0.2, 0.25) is 10.0 Å². The molecule has 1 aromatic heterocycles. The number of sulfonamides is 1. The fourth-order valence-electron chi connectivity index (χ4n) is 2.72. The number of imidazole rings is 1. The van der Waals surface area contributed by atoms with Gasteiger partial charge in [-0.25, -0.2) is 13.4 Å². The fourth-order valence-corrected chi connectivity index (χ4v) is 3.80. The van der Waals surface area contributed by atoms with Gasteiger partial charge in [-0.05, 0) is 25.7 Å². The van der Waals surface area contributed by atoms with E-state index in [9.17, 15) is 8.42 Å². The summed E-state index contributed by atoms with van der Waals surface area (Å²) in [5.41, 5.74) is 1.04. The van der Waals surface area contributed by atoms with E-state index in [0.29, 0.717) is 19.7 Å². The molecule has 2 aliphatic rings. The van der Waals surface area contributed by atoms with Gasteiger partial charge in [0.15, 0.2) is 0 Å². The van der Waals surface area contributed by atoms with Crippen molar-refractivity contribution in [2.45, 2.75) is 39.0 Å². The van der Waals surface area contributed by atoms with Crippen molar-refractivity contribution in [3.8, 4) is 0 Å². The molecule has 20 heavy (non-hydrogen) atoms. The quantitative estimate of drug-likeness (QED) is 0.818. The third kappa shape index (κ3) is 2.75. The van der Waals surface area contributed by atoms with Crippen LogP contribution in [0.5, 0.6) is 0 Å². The number of hydrogen-bond donors (Lipinski definition) is 0. The zero-order valence-corrected chi connectivity index (χ0v) is 12.8. The van der Waals surface area contributed by atoms with Crippen molar-refractivity contribution in [2.75, 3.05) is 19.4 Å². The summed E-state index contributed by atoms with van der Waals surface area (Å²) in [4.78, 5) is 4.39. The maximum atomic E-state index is 11.7. The van der Waals surface area contributed by atoms with E-state index in [1.54, 1.807) is 0 Å². The van der Waals surface area contributed by atoms with Gasteiger partial charge in [0.1, 0.15) is 5.82 Å². The van der Waals surface area contributed by atoms with Crippen molar-refractivity contribution in [3.05, 3.63) is 17.7 Å². The third-order valence-corrected chi connectivity index (χ3v) is 5.40. The van der Waals surface area contributed by atoms with Gasteiger partial charge in [-0.15, -0.1) is 0 Å². The number of rotatable bonds is 5. The lowest BCUT2D eigenvalue weighted by Crippen LogP contribution is -2.40. The van der Waals surface area contributed by atoms with E-state index in [2.05, 4.69) is 9.55 Å². The van der Waals surface area contributed by atoms with Crippen LogP contribution in [-0.2, 0) is 27.9 Å². The monoisotopic (exact) mass is 299 g/mol. The van der Waals surface area contributed by atoms with Crippen molar-refractivity contribution < 1.29 is 13.2 Å². The van der Waals surface area contributed by atoms with Crippen LogP contribution in [0.2, 0.25) is 0 Å². The van der Waals surface area contributed by atoms with Crippen LogP contribution in [0.3, 0.4) is 0 Å². The predicted molar refractivity (Wildman–Crippen MR) is 74.6 cm³/mol. The lowest BCUT2D eigenvalue weighted by molar-refractivity contribution is 0.105. The summed E-state index contributed by atoms with van der Waals surface area (Å²) in [5, 5.41) is 0. The first-order valence-corrected chi connectivity index (χ1v) is 8.90. The molecule has 0 bridgehead atoms. The number of ether oxygens (including phenoxy) is 1. The second-order valence-corrected chi connectivity index (χ2v) is 7.70. The molecule has 0 saturated heterocycles. The van der Waals surface area contributed by atoms with Crippen molar-refractivity contribution >= 4 is 10.0 Å². The molecule has 7 heteroatoms. The highest BCUT2D eigenvalue weighted by Crippen LogP contribution is 2.30. The molecule has 6 nitrogen and oxygen atoms in total. The van der Waals surface area contributed by atoms with E-state index < -0.39 is 10.0 Å². The first-order valence-electron chi connectivity index (χ1n) is 7.05. The van der Waals surface area contributed by atoms with Crippen LogP contribution in [0.4, 0.5) is 0 Å². The van der Waals surface area contributed by atoms with E-state index in [-0.39, 0.29) is 6.04 Å². The fraction of sp³-hybridized carbons (Fsp3) is 0.769. The summed E-state index contributed by atoms with van der Waals surface area (Å²) in [7, 11) is -3.18. The molecule has 0 aromatic carbocycles. The third-order valence-electron chi connectivity index (χ3n) is 4.05. The molecule has 112 valence electrons. The Hall–Kier alpha value is -0.920. The minimum Gasteiger partial charge on any atom is -0.375 e. The Morgan fingerprint density at radius 2 is 2.15 bits per heavy atom. The lowest BCUT2D eigenvalue weighted by Gasteiger charge is -2.32. The molecule has 2 heterocycles. The molecular formula is C13H21N3O3S. The molecule has 1 fully saturated rings. The molecule has 1 unspecified atom stereocenters. The normalized spacial score (nSPS) is 23.8. The van der Waals surface area contributed by atoms with Gasteiger partial charge < -0.3 is 9.30 Å². The minimum atomic E-state index is -3.18. The van der Waals surface area contributed by atoms with Crippen LogP contribution in [0.25, 0.3) is 0 Å². The Kier molecular flexibility index (Phi) is 3.60. The number of hydrogen-bond acceptors (Lipinski definition) is 4. The average Bonchev–Trinajstić information content (AvgIpc) is 3.09. The van der Waals surface area contributed by atoms with E-state index >= 15 is 0 Å². The van der Waals surface area contributed by atoms with E-state index in [1.165, 1.54) is 23.4 Å². The highest BCUT2D eigenvalue weighted by molar-refractivity contribution is 7.88. The molecule has 0 N–H and O–H groups in total. The standard InChI is InChI=1S/C13H21N3O3S/c1-10-13-14-7-12(9-19-8-11-3-4-11)15(13)5-6-16(10)20(2,17)18/h7,10-11H,3-6,8-9H2,1-2H3. The van der Waals surface area contributed by atoms with Gasteiger partial charge >= 0.3 is 0 Å². The van der Waals surface area contributed by atoms with E-state index in [1.807, 2.05) is 13.1 Å². The summed E-state index contributed by atoms with van der Waals surface area (Å²) in [6.07, 6.45) is 5.63. The van der Waals surface area contributed by atoms with E-state index in [0.717, 1.165) is 24.0 Å². The van der Waals surface area contributed by atoms with Gasteiger partial charge in [0, 0.05) is 19.7 Å². The Bertz CT molecular complexity index is 592. The van der Waals surface area contributed by atoms with Crippen molar-refractivity contribution in [3.63, 3.8) is 0 Å². The Labute approximate surface area is 119 Å². The number of fused-ring (bicyclic) bond motifs is 1. The first kappa shape index (κ1) is 14.0. The summed E-state index contributed by atoms with van der Waals surface area (Å²) in [6, 6.07) is -0.212. The topological polar surface area (TPSA) is 64.4 Å². The van der Waals surface area contributed by atoms with Crippen LogP contribution < -0.4 is 0 Å². The van der Waals surface area contributed by atoms with Gasteiger partial charge in [-0.2, -0.15) is 4.31 Å². The zero-order chi connectivity index (χ0) is 14.3. The first-order chi connectivity index (χ1) is 9.47. The SMILES string of the molecule is CC1c2ncc(COCC3CC3)n2CCN1S(C)(=O)=O. The summed E-state index contributed by atoms with van der Waals surface area (Å²) >= 11 is 0. The Morgan fingerprint density at radius 3 is 2.80 bits per heavy atom. The largest absolute Gasteiger partial charge is 0.375 e. The van der Waals surface area contributed by atoms with Crippen molar-refractivity contribution in [2.24, 2.45) is 5.92 Å². The van der Waals surface area contributed by atoms with Gasteiger partial charge in [0.05, 0.1) is 30.8 Å². The highest BCUT2D eigenvalue weighted by Gasteiger charge is 2.32. The second kappa shape index (κ2) is 5.13. The van der Waals surface area contributed by atoms with Crippen LogP contribution in [0.15, 0.2) is 6.20 Å². The maximum Gasteiger partial charge on any atom is 0.211 e. The predicted octanol–water partition coefficient (Wildman–Crippen LogP) is 1.15. The molecular weight excluding hydrogens is 278 g/mol. The Balaban J connectivity index is 1.72. The molecule has 1 saturated carbocycles. The average molecular weight is 299 g/mol.